The number of carbonyl (C=O) groups excluding carboxylic acids is 2. The van der Waals surface area contributed by atoms with E-state index in [9.17, 15) is 9.59 Å². The first kappa shape index (κ1) is 18.1. The summed E-state index contributed by atoms with van der Waals surface area (Å²) in [5.41, 5.74) is 6.41. The summed E-state index contributed by atoms with van der Waals surface area (Å²) in [4.78, 5) is 27.2. The van der Waals surface area contributed by atoms with E-state index in [1.54, 1.807) is 4.90 Å². The van der Waals surface area contributed by atoms with E-state index in [0.717, 1.165) is 36.3 Å². The highest BCUT2D eigenvalue weighted by molar-refractivity contribution is 8.00. The number of amides is 2. The summed E-state index contributed by atoms with van der Waals surface area (Å²) in [6.45, 7) is 0.525. The normalized spacial score (nSPS) is 19.0. The molecule has 0 aromatic heterocycles. The predicted octanol–water partition coefficient (Wildman–Crippen LogP) is 1.93. The van der Waals surface area contributed by atoms with Crippen molar-refractivity contribution in [3.05, 3.63) is 24.3 Å². The number of rotatable bonds is 4. The van der Waals surface area contributed by atoms with E-state index in [1.165, 1.54) is 11.8 Å². The van der Waals surface area contributed by atoms with E-state index in [4.69, 9.17) is 5.73 Å². The van der Waals surface area contributed by atoms with Crippen LogP contribution in [0.15, 0.2) is 29.2 Å². The summed E-state index contributed by atoms with van der Waals surface area (Å²) in [5, 5.41) is 3.08. The zero-order valence-electron chi connectivity index (χ0n) is 12.9. The molecular formula is C16H22ClN3O2S. The van der Waals surface area contributed by atoms with Crippen LogP contribution in [0.3, 0.4) is 0 Å². The van der Waals surface area contributed by atoms with Gasteiger partial charge in [-0.05, 0) is 25.0 Å². The Kier molecular flexibility index (Phi) is 5.95. The Hall–Kier alpha value is -1.24. The molecule has 1 heterocycles. The first-order valence-corrected chi connectivity index (χ1v) is 8.65. The molecule has 0 spiro atoms. The van der Waals surface area contributed by atoms with E-state index in [1.807, 2.05) is 24.3 Å². The molecular weight excluding hydrogens is 334 g/mol. The first-order chi connectivity index (χ1) is 10.6. The SMILES string of the molecule is Cl.NCC1(NC(=O)CN2C(=O)CSc3ccccc32)CCCC1. The van der Waals surface area contributed by atoms with Crippen molar-refractivity contribution >= 4 is 41.7 Å². The third kappa shape index (κ3) is 3.82. The maximum atomic E-state index is 12.4. The summed E-state index contributed by atoms with van der Waals surface area (Å²) < 4.78 is 0. The number of hydrogen-bond acceptors (Lipinski definition) is 4. The maximum Gasteiger partial charge on any atom is 0.240 e. The lowest BCUT2D eigenvalue weighted by molar-refractivity contribution is -0.124. The van der Waals surface area contributed by atoms with E-state index in [-0.39, 0.29) is 36.3 Å². The van der Waals surface area contributed by atoms with Crippen molar-refractivity contribution in [1.29, 1.82) is 0 Å². The lowest BCUT2D eigenvalue weighted by atomic mass is 9.98. The van der Waals surface area contributed by atoms with Crippen LogP contribution < -0.4 is 16.0 Å². The summed E-state index contributed by atoms with van der Waals surface area (Å²) in [7, 11) is 0. The highest BCUT2D eigenvalue weighted by atomic mass is 35.5. The topological polar surface area (TPSA) is 75.4 Å². The Labute approximate surface area is 146 Å². The smallest absolute Gasteiger partial charge is 0.240 e. The monoisotopic (exact) mass is 355 g/mol. The molecule has 1 saturated carbocycles. The molecule has 1 aliphatic heterocycles. The molecule has 3 N–H and O–H groups in total. The van der Waals surface area contributed by atoms with Crippen LogP contribution in [0.5, 0.6) is 0 Å². The van der Waals surface area contributed by atoms with Gasteiger partial charge in [-0.3, -0.25) is 9.59 Å². The molecule has 23 heavy (non-hydrogen) atoms. The molecule has 3 rings (SSSR count). The van der Waals surface area contributed by atoms with Crippen molar-refractivity contribution in [2.75, 3.05) is 23.7 Å². The minimum Gasteiger partial charge on any atom is -0.348 e. The number of fused-ring (bicyclic) bond motifs is 1. The van der Waals surface area contributed by atoms with Gasteiger partial charge in [-0.1, -0.05) is 25.0 Å². The van der Waals surface area contributed by atoms with Gasteiger partial charge in [0, 0.05) is 11.4 Å². The van der Waals surface area contributed by atoms with Crippen molar-refractivity contribution in [3.8, 4) is 0 Å². The van der Waals surface area contributed by atoms with Gasteiger partial charge in [0.15, 0.2) is 0 Å². The number of carbonyl (C=O) groups is 2. The first-order valence-electron chi connectivity index (χ1n) is 7.67. The molecule has 5 nitrogen and oxygen atoms in total. The number of para-hydroxylation sites is 1. The Morgan fingerprint density at radius 1 is 1.30 bits per heavy atom. The van der Waals surface area contributed by atoms with Gasteiger partial charge in [0.25, 0.3) is 0 Å². The van der Waals surface area contributed by atoms with Gasteiger partial charge in [0.2, 0.25) is 11.8 Å². The van der Waals surface area contributed by atoms with Crippen LogP contribution in [-0.4, -0.2) is 36.2 Å². The third-order valence-electron chi connectivity index (χ3n) is 4.47. The molecule has 0 saturated heterocycles. The van der Waals surface area contributed by atoms with Gasteiger partial charge < -0.3 is 16.0 Å². The molecule has 1 aromatic carbocycles. The average molecular weight is 356 g/mol. The lowest BCUT2D eigenvalue weighted by Crippen LogP contribution is -2.55. The number of nitrogens with one attached hydrogen (secondary N) is 1. The zero-order chi connectivity index (χ0) is 15.6. The van der Waals surface area contributed by atoms with Crippen molar-refractivity contribution < 1.29 is 9.59 Å². The zero-order valence-corrected chi connectivity index (χ0v) is 14.5. The van der Waals surface area contributed by atoms with Crippen LogP contribution in [-0.2, 0) is 9.59 Å². The van der Waals surface area contributed by atoms with Crippen molar-refractivity contribution in [2.24, 2.45) is 5.73 Å². The number of halogens is 1. The Morgan fingerprint density at radius 2 is 2.00 bits per heavy atom. The van der Waals surface area contributed by atoms with Crippen LogP contribution >= 0.6 is 24.2 Å². The van der Waals surface area contributed by atoms with Gasteiger partial charge in [0.1, 0.15) is 6.54 Å². The largest absolute Gasteiger partial charge is 0.348 e. The average Bonchev–Trinajstić information content (AvgIpc) is 2.99. The molecule has 0 unspecified atom stereocenters. The van der Waals surface area contributed by atoms with Crippen molar-refractivity contribution in [3.63, 3.8) is 0 Å². The number of benzene rings is 1. The van der Waals surface area contributed by atoms with Crippen LogP contribution in [0.1, 0.15) is 25.7 Å². The Bertz CT molecular complexity index is 590. The summed E-state index contributed by atoms with van der Waals surface area (Å²) in [6.07, 6.45) is 4.05. The van der Waals surface area contributed by atoms with Crippen LogP contribution in [0.25, 0.3) is 0 Å². The molecule has 1 aliphatic carbocycles. The number of anilines is 1. The number of thioether (sulfide) groups is 1. The quantitative estimate of drug-likeness (QED) is 0.865. The van der Waals surface area contributed by atoms with Gasteiger partial charge in [-0.15, -0.1) is 24.2 Å². The van der Waals surface area contributed by atoms with E-state index in [0.29, 0.717) is 12.3 Å². The van der Waals surface area contributed by atoms with Crippen LogP contribution in [0.4, 0.5) is 5.69 Å². The maximum absolute atomic E-state index is 12.4. The van der Waals surface area contributed by atoms with Gasteiger partial charge in [-0.25, -0.2) is 0 Å². The minimum atomic E-state index is -0.274. The van der Waals surface area contributed by atoms with E-state index < -0.39 is 0 Å². The minimum absolute atomic E-state index is 0. The third-order valence-corrected chi connectivity index (χ3v) is 5.51. The highest BCUT2D eigenvalue weighted by Crippen LogP contribution is 2.35. The standard InChI is InChI=1S/C16H21N3O2S.ClH/c17-11-16(7-3-4-8-16)18-14(20)9-19-12-5-1-2-6-13(12)22-10-15(19)21;/h1-2,5-6H,3-4,7-11,17H2,(H,18,20);1H. The van der Waals surface area contributed by atoms with Gasteiger partial charge in [0.05, 0.1) is 17.0 Å². The summed E-state index contributed by atoms with van der Waals surface area (Å²) >= 11 is 1.52. The van der Waals surface area contributed by atoms with Crippen molar-refractivity contribution in [2.45, 2.75) is 36.1 Å². The van der Waals surface area contributed by atoms with Crippen LogP contribution in [0.2, 0.25) is 0 Å². The fraction of sp³-hybridized carbons (Fsp3) is 0.500. The Balaban J connectivity index is 0.00000192. The molecule has 0 bridgehead atoms. The fourth-order valence-corrected chi connectivity index (χ4v) is 4.17. The molecule has 0 atom stereocenters. The lowest BCUT2D eigenvalue weighted by Gasteiger charge is -2.32. The van der Waals surface area contributed by atoms with Gasteiger partial charge >= 0.3 is 0 Å². The van der Waals surface area contributed by atoms with E-state index >= 15 is 0 Å². The second-order valence-corrected chi connectivity index (χ2v) is 6.99. The number of nitrogens with two attached hydrogens (primary N) is 1. The molecule has 7 heteroatoms. The summed E-state index contributed by atoms with van der Waals surface area (Å²) in [5.74, 6) is 0.237. The number of hydrogen-bond donors (Lipinski definition) is 2. The molecule has 0 radical (unpaired) electrons. The molecule has 1 fully saturated rings. The summed E-state index contributed by atoms with van der Waals surface area (Å²) in [6, 6.07) is 7.71. The second-order valence-electron chi connectivity index (χ2n) is 5.98. The molecule has 2 amide bonds. The molecule has 126 valence electrons. The predicted molar refractivity (Wildman–Crippen MR) is 95.2 cm³/mol. The van der Waals surface area contributed by atoms with Crippen molar-refractivity contribution in [1.82, 2.24) is 5.32 Å². The molecule has 2 aliphatic rings. The Morgan fingerprint density at radius 3 is 2.70 bits per heavy atom. The molecule has 1 aromatic rings. The second kappa shape index (κ2) is 7.55. The highest BCUT2D eigenvalue weighted by Gasteiger charge is 2.35. The fourth-order valence-electron chi connectivity index (χ4n) is 3.24. The van der Waals surface area contributed by atoms with Gasteiger partial charge in [-0.2, -0.15) is 0 Å². The van der Waals surface area contributed by atoms with Crippen LogP contribution in [0, 0.1) is 0 Å². The number of nitrogens with zero attached hydrogens (tertiary/aromatic N) is 1. The van der Waals surface area contributed by atoms with E-state index in [2.05, 4.69) is 5.32 Å².